The van der Waals surface area contributed by atoms with Gasteiger partial charge in [-0.25, -0.2) is 9.37 Å². The maximum absolute atomic E-state index is 13.3. The van der Waals surface area contributed by atoms with E-state index in [0.717, 1.165) is 11.1 Å². The fourth-order valence-corrected chi connectivity index (χ4v) is 2.41. The van der Waals surface area contributed by atoms with E-state index in [1.165, 1.54) is 18.2 Å². The highest BCUT2D eigenvalue weighted by Crippen LogP contribution is 2.15. The van der Waals surface area contributed by atoms with Crippen LogP contribution in [-0.2, 0) is 11.3 Å². The second-order valence-corrected chi connectivity index (χ2v) is 5.34. The minimum absolute atomic E-state index is 0.177. The molecule has 0 aliphatic carbocycles. The van der Waals surface area contributed by atoms with Crippen LogP contribution < -0.4 is 0 Å². The first kappa shape index (κ1) is 15.9. The van der Waals surface area contributed by atoms with Crippen LogP contribution in [0.1, 0.15) is 18.4 Å². The SMILES string of the molecule is CCN(Cc1cccc(F)c1)C(=O)/C=C/c1nc2ccccc2o1. The number of hydrogen-bond donors (Lipinski definition) is 0. The fraction of sp³-hybridized carbons (Fsp3) is 0.158. The number of carbonyl (C=O) groups is 1. The molecule has 0 atom stereocenters. The number of benzene rings is 2. The normalized spacial score (nSPS) is 11.2. The topological polar surface area (TPSA) is 46.3 Å². The molecule has 3 rings (SSSR count). The molecule has 2 aromatic carbocycles. The zero-order valence-electron chi connectivity index (χ0n) is 13.3. The van der Waals surface area contributed by atoms with Gasteiger partial charge in [0.05, 0.1) is 0 Å². The average Bonchev–Trinajstić information content (AvgIpc) is 3.00. The molecular formula is C19H17FN2O2. The van der Waals surface area contributed by atoms with Gasteiger partial charge in [-0.05, 0) is 36.8 Å². The Kier molecular flexibility index (Phi) is 4.70. The molecule has 0 saturated heterocycles. The van der Waals surface area contributed by atoms with Gasteiger partial charge in [0.25, 0.3) is 0 Å². The molecule has 1 aromatic heterocycles. The summed E-state index contributed by atoms with van der Waals surface area (Å²) in [5, 5.41) is 0. The Morgan fingerprint density at radius 2 is 2.08 bits per heavy atom. The van der Waals surface area contributed by atoms with Gasteiger partial charge in [-0.2, -0.15) is 0 Å². The number of fused-ring (bicyclic) bond motifs is 1. The largest absolute Gasteiger partial charge is 0.437 e. The second kappa shape index (κ2) is 7.08. The van der Waals surface area contributed by atoms with Gasteiger partial charge in [0, 0.05) is 25.2 Å². The summed E-state index contributed by atoms with van der Waals surface area (Å²) in [6.07, 6.45) is 2.98. The van der Waals surface area contributed by atoms with Gasteiger partial charge in [-0.15, -0.1) is 0 Å². The van der Waals surface area contributed by atoms with Gasteiger partial charge < -0.3 is 9.32 Å². The van der Waals surface area contributed by atoms with Crippen LogP contribution in [0.15, 0.2) is 59.0 Å². The smallest absolute Gasteiger partial charge is 0.247 e. The summed E-state index contributed by atoms with van der Waals surface area (Å²) in [6.45, 7) is 2.75. The van der Waals surface area contributed by atoms with Crippen molar-refractivity contribution in [2.24, 2.45) is 0 Å². The first-order valence-electron chi connectivity index (χ1n) is 7.72. The lowest BCUT2D eigenvalue weighted by molar-refractivity contribution is -0.126. The van der Waals surface area contributed by atoms with E-state index in [2.05, 4.69) is 4.98 Å². The molecule has 0 N–H and O–H groups in total. The van der Waals surface area contributed by atoms with E-state index in [9.17, 15) is 9.18 Å². The Bertz CT molecular complexity index is 853. The van der Waals surface area contributed by atoms with Gasteiger partial charge in [0.1, 0.15) is 11.3 Å². The van der Waals surface area contributed by atoms with E-state index in [1.54, 1.807) is 23.1 Å². The van der Waals surface area contributed by atoms with Crippen LogP contribution in [0.25, 0.3) is 17.2 Å². The lowest BCUT2D eigenvalue weighted by atomic mass is 10.2. The summed E-state index contributed by atoms with van der Waals surface area (Å²) in [4.78, 5) is 18.2. The maximum Gasteiger partial charge on any atom is 0.247 e. The third kappa shape index (κ3) is 3.68. The Hall–Kier alpha value is -2.95. The molecule has 5 heteroatoms. The third-order valence-corrected chi connectivity index (χ3v) is 3.63. The van der Waals surface area contributed by atoms with Crippen molar-refractivity contribution in [2.45, 2.75) is 13.5 Å². The van der Waals surface area contributed by atoms with Crippen LogP contribution in [-0.4, -0.2) is 22.3 Å². The highest BCUT2D eigenvalue weighted by atomic mass is 19.1. The summed E-state index contributed by atoms with van der Waals surface area (Å²) in [5.41, 5.74) is 2.17. The van der Waals surface area contributed by atoms with Crippen molar-refractivity contribution in [3.63, 3.8) is 0 Å². The molecule has 0 bridgehead atoms. The summed E-state index contributed by atoms with van der Waals surface area (Å²) in [5.74, 6) is -0.103. The minimum atomic E-state index is -0.307. The summed E-state index contributed by atoms with van der Waals surface area (Å²) in [7, 11) is 0. The van der Waals surface area contributed by atoms with Gasteiger partial charge in [0.2, 0.25) is 11.8 Å². The van der Waals surface area contributed by atoms with Gasteiger partial charge in [-0.1, -0.05) is 24.3 Å². The molecule has 3 aromatic rings. The molecule has 0 aliphatic heterocycles. The number of para-hydroxylation sites is 2. The van der Waals surface area contributed by atoms with Crippen LogP contribution in [0.3, 0.4) is 0 Å². The molecule has 0 aliphatic rings. The zero-order chi connectivity index (χ0) is 16.9. The Morgan fingerprint density at radius 1 is 1.25 bits per heavy atom. The Balaban J connectivity index is 1.71. The third-order valence-electron chi connectivity index (χ3n) is 3.63. The molecule has 0 saturated carbocycles. The number of oxazole rings is 1. The standard InChI is InChI=1S/C19H17FN2O2/c1-2-22(13-14-6-5-7-15(20)12-14)19(23)11-10-18-21-16-8-3-4-9-17(16)24-18/h3-12H,2,13H2,1H3/b11-10+. The van der Waals surface area contributed by atoms with Gasteiger partial charge in [0.15, 0.2) is 5.58 Å². The van der Waals surface area contributed by atoms with E-state index in [0.29, 0.717) is 24.6 Å². The van der Waals surface area contributed by atoms with E-state index in [1.807, 2.05) is 31.2 Å². The van der Waals surface area contributed by atoms with Crippen molar-refractivity contribution < 1.29 is 13.6 Å². The minimum Gasteiger partial charge on any atom is -0.437 e. The zero-order valence-corrected chi connectivity index (χ0v) is 13.3. The second-order valence-electron chi connectivity index (χ2n) is 5.34. The number of amides is 1. The first-order chi connectivity index (χ1) is 11.7. The molecule has 0 fully saturated rings. The molecule has 1 amide bonds. The van der Waals surface area contributed by atoms with Crippen molar-refractivity contribution in [3.05, 3.63) is 71.9 Å². The number of nitrogens with zero attached hydrogens (tertiary/aromatic N) is 2. The van der Waals surface area contributed by atoms with Crippen LogP contribution in [0.4, 0.5) is 4.39 Å². The van der Waals surface area contributed by atoms with E-state index in [-0.39, 0.29) is 11.7 Å². The van der Waals surface area contributed by atoms with E-state index < -0.39 is 0 Å². The number of aromatic nitrogens is 1. The number of carbonyl (C=O) groups excluding carboxylic acids is 1. The van der Waals surface area contributed by atoms with Gasteiger partial charge >= 0.3 is 0 Å². The highest BCUT2D eigenvalue weighted by molar-refractivity contribution is 5.91. The van der Waals surface area contributed by atoms with Crippen molar-refractivity contribution >= 4 is 23.1 Å². The van der Waals surface area contributed by atoms with Crippen molar-refractivity contribution in [3.8, 4) is 0 Å². The van der Waals surface area contributed by atoms with Gasteiger partial charge in [-0.3, -0.25) is 4.79 Å². The average molecular weight is 324 g/mol. The molecule has 0 spiro atoms. The van der Waals surface area contributed by atoms with E-state index >= 15 is 0 Å². The molecular weight excluding hydrogens is 307 g/mol. The number of halogens is 1. The monoisotopic (exact) mass is 324 g/mol. The molecule has 0 radical (unpaired) electrons. The maximum atomic E-state index is 13.3. The van der Waals surface area contributed by atoms with Crippen LogP contribution in [0.2, 0.25) is 0 Å². The Labute approximate surface area is 139 Å². The molecule has 4 nitrogen and oxygen atoms in total. The lowest BCUT2D eigenvalue weighted by Crippen LogP contribution is -2.28. The highest BCUT2D eigenvalue weighted by Gasteiger charge is 2.10. The summed E-state index contributed by atoms with van der Waals surface area (Å²) in [6, 6.07) is 13.7. The quantitative estimate of drug-likeness (QED) is 0.666. The fourth-order valence-electron chi connectivity index (χ4n) is 2.41. The number of likely N-dealkylation sites (N-methyl/N-ethyl adjacent to an activating group) is 1. The summed E-state index contributed by atoms with van der Waals surface area (Å²) >= 11 is 0. The van der Waals surface area contributed by atoms with Crippen molar-refractivity contribution in [1.82, 2.24) is 9.88 Å². The molecule has 122 valence electrons. The Morgan fingerprint density at radius 3 is 2.83 bits per heavy atom. The predicted molar refractivity (Wildman–Crippen MR) is 90.5 cm³/mol. The van der Waals surface area contributed by atoms with Crippen molar-refractivity contribution in [1.29, 1.82) is 0 Å². The first-order valence-corrected chi connectivity index (χ1v) is 7.72. The van der Waals surface area contributed by atoms with Crippen LogP contribution in [0.5, 0.6) is 0 Å². The van der Waals surface area contributed by atoms with E-state index in [4.69, 9.17) is 4.42 Å². The predicted octanol–water partition coefficient (Wildman–Crippen LogP) is 4.03. The molecule has 0 unspecified atom stereocenters. The number of hydrogen-bond acceptors (Lipinski definition) is 3. The van der Waals surface area contributed by atoms with Crippen molar-refractivity contribution in [2.75, 3.05) is 6.54 Å². The van der Waals surface area contributed by atoms with Crippen LogP contribution >= 0.6 is 0 Å². The number of rotatable bonds is 5. The molecule has 24 heavy (non-hydrogen) atoms. The summed E-state index contributed by atoms with van der Waals surface area (Å²) < 4.78 is 18.8. The van der Waals surface area contributed by atoms with Crippen LogP contribution in [0, 0.1) is 5.82 Å². The lowest BCUT2D eigenvalue weighted by Gasteiger charge is -2.19. The molecule has 1 heterocycles.